The number of nitrogens with one attached hydrogen (secondary N) is 2. The van der Waals surface area contributed by atoms with Crippen LogP contribution in [0.1, 0.15) is 24.7 Å². The number of sulfonamides is 1. The molecule has 2 rings (SSSR count). The zero-order valence-corrected chi connectivity index (χ0v) is 17.3. The van der Waals surface area contributed by atoms with Crippen molar-refractivity contribution in [2.75, 3.05) is 13.1 Å². The van der Waals surface area contributed by atoms with E-state index in [9.17, 15) is 13.2 Å². The predicted octanol–water partition coefficient (Wildman–Crippen LogP) is 2.27. The van der Waals surface area contributed by atoms with Gasteiger partial charge in [0.05, 0.1) is 10.7 Å². The van der Waals surface area contributed by atoms with Crippen LogP contribution in [0, 0.1) is 19.8 Å². The Kier molecular flexibility index (Phi) is 7.41. The Bertz CT molecular complexity index is 896. The lowest BCUT2D eigenvalue weighted by Crippen LogP contribution is -2.33. The Morgan fingerprint density at radius 2 is 2.00 bits per heavy atom. The molecule has 0 aliphatic heterocycles. The Hall–Kier alpha value is -1.90. The summed E-state index contributed by atoms with van der Waals surface area (Å²) in [4.78, 5) is 12.0. The molecule has 0 saturated heterocycles. The fourth-order valence-electron chi connectivity index (χ4n) is 2.64. The maximum absolute atomic E-state index is 12.2. The number of amides is 1. The van der Waals surface area contributed by atoms with Gasteiger partial charge in [0, 0.05) is 31.7 Å². The second kappa shape index (κ2) is 9.34. The monoisotopic (exact) mass is 412 g/mol. The quantitative estimate of drug-likeness (QED) is 0.660. The van der Waals surface area contributed by atoms with Crippen molar-refractivity contribution in [3.05, 3.63) is 46.7 Å². The third kappa shape index (κ3) is 6.34. The Labute approximate surface area is 165 Å². The summed E-state index contributed by atoms with van der Waals surface area (Å²) >= 11 is 5.91. The molecule has 1 atom stereocenters. The van der Waals surface area contributed by atoms with E-state index in [-0.39, 0.29) is 34.7 Å². The second-order valence-electron chi connectivity index (χ2n) is 6.60. The van der Waals surface area contributed by atoms with E-state index in [1.54, 1.807) is 12.1 Å². The minimum Gasteiger partial charge on any atom is -0.356 e. The number of carbonyl (C=O) groups excluding carboxylic acids is 1. The molecule has 1 amide bonds. The van der Waals surface area contributed by atoms with Gasteiger partial charge >= 0.3 is 0 Å². The van der Waals surface area contributed by atoms with E-state index in [1.165, 1.54) is 12.1 Å². The van der Waals surface area contributed by atoms with Crippen LogP contribution in [-0.2, 0) is 21.4 Å². The molecule has 0 aliphatic rings. The number of carbonyl (C=O) groups is 1. The van der Waals surface area contributed by atoms with Crippen LogP contribution >= 0.6 is 11.6 Å². The van der Waals surface area contributed by atoms with Gasteiger partial charge in [-0.05, 0) is 38.0 Å². The van der Waals surface area contributed by atoms with E-state index in [4.69, 9.17) is 11.6 Å². The summed E-state index contributed by atoms with van der Waals surface area (Å²) in [6.07, 6.45) is 0.0519. The van der Waals surface area contributed by atoms with Crippen LogP contribution in [0.4, 0.5) is 0 Å². The highest BCUT2D eigenvalue weighted by atomic mass is 35.5. The molecule has 0 saturated carbocycles. The van der Waals surface area contributed by atoms with Gasteiger partial charge in [0.1, 0.15) is 4.90 Å². The molecule has 0 aliphatic carbocycles. The summed E-state index contributed by atoms with van der Waals surface area (Å²) in [5.41, 5.74) is 2.05. The number of nitrogens with zero attached hydrogens (tertiary/aromatic N) is 2. The Morgan fingerprint density at radius 3 is 2.63 bits per heavy atom. The van der Waals surface area contributed by atoms with Gasteiger partial charge < -0.3 is 5.32 Å². The van der Waals surface area contributed by atoms with E-state index < -0.39 is 10.0 Å². The van der Waals surface area contributed by atoms with Gasteiger partial charge in [-0.2, -0.15) is 5.10 Å². The topological polar surface area (TPSA) is 93.1 Å². The summed E-state index contributed by atoms with van der Waals surface area (Å²) < 4.78 is 28.7. The highest BCUT2D eigenvalue weighted by molar-refractivity contribution is 7.89. The second-order valence-corrected chi connectivity index (χ2v) is 8.74. The average Bonchev–Trinajstić information content (AvgIpc) is 2.90. The van der Waals surface area contributed by atoms with Gasteiger partial charge in [0.2, 0.25) is 15.9 Å². The van der Waals surface area contributed by atoms with Crippen molar-refractivity contribution in [3.8, 4) is 0 Å². The number of hydrogen-bond acceptors (Lipinski definition) is 4. The van der Waals surface area contributed by atoms with Crippen LogP contribution in [0.5, 0.6) is 0 Å². The van der Waals surface area contributed by atoms with Crippen molar-refractivity contribution in [2.24, 2.45) is 5.92 Å². The first kappa shape index (κ1) is 21.4. The summed E-state index contributed by atoms with van der Waals surface area (Å²) in [5.74, 6) is -0.0103. The van der Waals surface area contributed by atoms with Crippen LogP contribution in [0.3, 0.4) is 0 Å². The van der Waals surface area contributed by atoms with E-state index in [0.717, 1.165) is 11.4 Å². The molecule has 0 bridgehead atoms. The summed E-state index contributed by atoms with van der Waals surface area (Å²) in [6.45, 7) is 7.17. The highest BCUT2D eigenvalue weighted by Crippen LogP contribution is 2.19. The first-order valence-corrected chi connectivity index (χ1v) is 10.6. The molecule has 148 valence electrons. The smallest absolute Gasteiger partial charge is 0.242 e. The molecule has 2 aromatic rings. The zero-order valence-electron chi connectivity index (χ0n) is 15.7. The maximum atomic E-state index is 12.2. The minimum atomic E-state index is -3.73. The SMILES string of the molecule is Cc1cc(C)n(CC(C)CNC(=O)CCNS(=O)(=O)c2ccccc2Cl)n1. The van der Waals surface area contributed by atoms with Crippen LogP contribution in [0.25, 0.3) is 0 Å². The average molecular weight is 413 g/mol. The molecule has 1 unspecified atom stereocenters. The number of aryl methyl sites for hydroxylation is 2. The summed E-state index contributed by atoms with van der Waals surface area (Å²) in [6, 6.07) is 8.19. The normalized spacial score (nSPS) is 12.7. The lowest BCUT2D eigenvalue weighted by atomic mass is 10.2. The largest absolute Gasteiger partial charge is 0.356 e. The van der Waals surface area contributed by atoms with Crippen molar-refractivity contribution in [2.45, 2.75) is 38.6 Å². The number of rotatable bonds is 9. The van der Waals surface area contributed by atoms with Gasteiger partial charge in [-0.15, -0.1) is 0 Å². The fraction of sp³-hybridized carbons (Fsp3) is 0.444. The van der Waals surface area contributed by atoms with Gasteiger partial charge in [-0.3, -0.25) is 9.48 Å². The highest BCUT2D eigenvalue weighted by Gasteiger charge is 2.17. The molecule has 0 radical (unpaired) electrons. The first-order valence-electron chi connectivity index (χ1n) is 8.71. The molecule has 1 aromatic carbocycles. The van der Waals surface area contributed by atoms with Gasteiger partial charge in [-0.1, -0.05) is 30.7 Å². The van der Waals surface area contributed by atoms with Crippen LogP contribution in [0.2, 0.25) is 5.02 Å². The lowest BCUT2D eigenvalue weighted by molar-refractivity contribution is -0.121. The van der Waals surface area contributed by atoms with Gasteiger partial charge in [0.15, 0.2) is 0 Å². The molecule has 27 heavy (non-hydrogen) atoms. The number of aromatic nitrogens is 2. The summed E-state index contributed by atoms with van der Waals surface area (Å²) in [7, 11) is -3.73. The minimum absolute atomic E-state index is 0.00517. The number of halogens is 1. The number of hydrogen-bond donors (Lipinski definition) is 2. The van der Waals surface area contributed by atoms with E-state index in [1.807, 2.05) is 31.5 Å². The number of benzene rings is 1. The predicted molar refractivity (Wildman–Crippen MR) is 105 cm³/mol. The van der Waals surface area contributed by atoms with Crippen molar-refractivity contribution in [1.82, 2.24) is 19.8 Å². The molecule has 0 spiro atoms. The van der Waals surface area contributed by atoms with E-state index in [0.29, 0.717) is 13.1 Å². The Balaban J connectivity index is 1.74. The van der Waals surface area contributed by atoms with Crippen LogP contribution in [0.15, 0.2) is 35.2 Å². The molecule has 9 heteroatoms. The van der Waals surface area contributed by atoms with E-state index >= 15 is 0 Å². The third-order valence-electron chi connectivity index (χ3n) is 4.01. The Morgan fingerprint density at radius 1 is 1.30 bits per heavy atom. The van der Waals surface area contributed by atoms with E-state index in [2.05, 4.69) is 15.1 Å². The third-order valence-corrected chi connectivity index (χ3v) is 5.97. The molecular formula is C18H25ClN4O3S. The van der Waals surface area contributed by atoms with Crippen molar-refractivity contribution >= 4 is 27.5 Å². The lowest BCUT2D eigenvalue weighted by Gasteiger charge is -2.14. The van der Waals surface area contributed by atoms with Crippen LogP contribution in [-0.4, -0.2) is 37.2 Å². The molecule has 1 heterocycles. The first-order chi connectivity index (χ1) is 12.7. The van der Waals surface area contributed by atoms with Crippen LogP contribution < -0.4 is 10.0 Å². The van der Waals surface area contributed by atoms with Crippen molar-refractivity contribution < 1.29 is 13.2 Å². The van der Waals surface area contributed by atoms with Crippen molar-refractivity contribution in [1.29, 1.82) is 0 Å². The fourth-order valence-corrected chi connectivity index (χ4v) is 4.18. The molecule has 0 fully saturated rings. The zero-order chi connectivity index (χ0) is 20.0. The summed E-state index contributed by atoms with van der Waals surface area (Å²) in [5, 5.41) is 7.38. The maximum Gasteiger partial charge on any atom is 0.242 e. The molecular weight excluding hydrogens is 388 g/mol. The van der Waals surface area contributed by atoms with Gasteiger partial charge in [0.25, 0.3) is 0 Å². The molecule has 1 aromatic heterocycles. The molecule has 7 nitrogen and oxygen atoms in total. The molecule has 2 N–H and O–H groups in total. The van der Waals surface area contributed by atoms with Crippen molar-refractivity contribution in [3.63, 3.8) is 0 Å². The van der Waals surface area contributed by atoms with Gasteiger partial charge in [-0.25, -0.2) is 13.1 Å². The standard InChI is InChI=1S/C18H25ClN4O3S/c1-13(12-23-15(3)10-14(2)22-23)11-20-18(24)8-9-21-27(25,26)17-7-5-4-6-16(17)19/h4-7,10,13,21H,8-9,11-12H2,1-3H3,(H,20,24).